The predicted molar refractivity (Wildman–Crippen MR) is 106 cm³/mol. The van der Waals surface area contributed by atoms with Crippen LogP contribution in [0.3, 0.4) is 0 Å². The molecule has 7 nitrogen and oxygen atoms in total. The van der Waals surface area contributed by atoms with Crippen LogP contribution in [0.15, 0.2) is 83.8 Å². The number of H-pyrrole nitrogens is 1. The van der Waals surface area contributed by atoms with Gasteiger partial charge in [0.05, 0.1) is 11.9 Å². The van der Waals surface area contributed by atoms with E-state index >= 15 is 0 Å². The first-order valence-electron chi connectivity index (χ1n) is 8.72. The van der Waals surface area contributed by atoms with Gasteiger partial charge in [-0.3, -0.25) is 4.79 Å². The van der Waals surface area contributed by atoms with E-state index in [1.807, 2.05) is 72.8 Å². The zero-order valence-electron chi connectivity index (χ0n) is 14.6. The molecule has 0 saturated carbocycles. The van der Waals surface area contributed by atoms with Gasteiger partial charge < -0.3 is 4.98 Å². The van der Waals surface area contributed by atoms with E-state index in [1.165, 1.54) is 10.9 Å². The summed E-state index contributed by atoms with van der Waals surface area (Å²) in [6.45, 7) is 0. The Bertz CT molecular complexity index is 1310. The molecule has 0 aliphatic rings. The molecule has 3 heterocycles. The average molecular weight is 366 g/mol. The van der Waals surface area contributed by atoms with E-state index in [2.05, 4.69) is 25.3 Å². The van der Waals surface area contributed by atoms with Gasteiger partial charge in [-0.25, -0.2) is 4.98 Å². The van der Waals surface area contributed by atoms with Gasteiger partial charge in [0.15, 0.2) is 11.5 Å². The summed E-state index contributed by atoms with van der Waals surface area (Å²) in [5, 5.41) is 13.3. The summed E-state index contributed by atoms with van der Waals surface area (Å²) in [7, 11) is 0. The number of benzene rings is 2. The monoisotopic (exact) mass is 366 g/mol. The Hall–Kier alpha value is -4.13. The quantitative estimate of drug-likeness (QED) is 0.529. The standard InChI is InChI=1S/C21H14N6O/c28-21-16-13-22-27(20(16)23-19(24-21)15-9-5-2-6-10-15)18-12-11-17(25-26-18)14-7-3-1-4-8-14/h1-13H,(H,23,24,28). The largest absolute Gasteiger partial charge is 0.306 e. The molecule has 0 radical (unpaired) electrons. The Morgan fingerprint density at radius 1 is 0.786 bits per heavy atom. The van der Waals surface area contributed by atoms with Gasteiger partial charge in [0.1, 0.15) is 11.2 Å². The van der Waals surface area contributed by atoms with Crippen molar-refractivity contribution in [3.8, 4) is 28.5 Å². The van der Waals surface area contributed by atoms with E-state index in [1.54, 1.807) is 0 Å². The number of rotatable bonds is 3. The minimum atomic E-state index is -0.246. The summed E-state index contributed by atoms with van der Waals surface area (Å²) in [4.78, 5) is 19.9. The molecule has 5 aromatic rings. The number of fused-ring (bicyclic) bond motifs is 1. The van der Waals surface area contributed by atoms with Crippen molar-refractivity contribution in [1.29, 1.82) is 0 Å². The summed E-state index contributed by atoms with van der Waals surface area (Å²) in [6, 6.07) is 23.0. The predicted octanol–water partition coefficient (Wildman–Crippen LogP) is 3.23. The SMILES string of the molecule is O=c1[nH]c(-c2ccccc2)nc2c1cnn2-c1ccc(-c2ccccc2)nn1. The van der Waals surface area contributed by atoms with Crippen LogP contribution in [0.5, 0.6) is 0 Å². The Morgan fingerprint density at radius 2 is 1.50 bits per heavy atom. The molecule has 0 aliphatic carbocycles. The van der Waals surface area contributed by atoms with E-state index in [-0.39, 0.29) is 5.56 Å². The van der Waals surface area contributed by atoms with Gasteiger partial charge in [-0.2, -0.15) is 9.78 Å². The van der Waals surface area contributed by atoms with Crippen molar-refractivity contribution >= 4 is 11.0 Å². The topological polar surface area (TPSA) is 89.4 Å². The number of hydrogen-bond donors (Lipinski definition) is 1. The Balaban J connectivity index is 1.61. The highest BCUT2D eigenvalue weighted by molar-refractivity contribution is 5.77. The molecular weight excluding hydrogens is 352 g/mol. The van der Waals surface area contributed by atoms with Crippen LogP contribution in [-0.2, 0) is 0 Å². The summed E-state index contributed by atoms with van der Waals surface area (Å²) in [5.41, 5.74) is 2.75. The van der Waals surface area contributed by atoms with Crippen LogP contribution in [0.25, 0.3) is 39.5 Å². The average Bonchev–Trinajstić information content (AvgIpc) is 3.20. The molecule has 0 aliphatic heterocycles. The van der Waals surface area contributed by atoms with E-state index in [0.717, 1.165) is 16.8 Å². The fourth-order valence-electron chi connectivity index (χ4n) is 3.02. The smallest absolute Gasteiger partial charge is 0.262 e. The highest BCUT2D eigenvalue weighted by Gasteiger charge is 2.13. The summed E-state index contributed by atoms with van der Waals surface area (Å²) < 4.78 is 1.53. The second kappa shape index (κ2) is 6.55. The van der Waals surface area contributed by atoms with Gasteiger partial charge in [-0.05, 0) is 12.1 Å². The fraction of sp³-hybridized carbons (Fsp3) is 0. The summed E-state index contributed by atoms with van der Waals surface area (Å²) in [5.74, 6) is 0.973. The van der Waals surface area contributed by atoms with E-state index in [9.17, 15) is 4.79 Å². The van der Waals surface area contributed by atoms with Crippen molar-refractivity contribution in [2.24, 2.45) is 0 Å². The Morgan fingerprint density at radius 3 is 2.18 bits per heavy atom. The second-order valence-electron chi connectivity index (χ2n) is 6.22. The highest BCUT2D eigenvalue weighted by atomic mass is 16.1. The lowest BCUT2D eigenvalue weighted by Crippen LogP contribution is -2.10. The molecule has 0 saturated heterocycles. The van der Waals surface area contributed by atoms with Crippen molar-refractivity contribution in [1.82, 2.24) is 29.9 Å². The molecule has 3 aromatic heterocycles. The zero-order valence-corrected chi connectivity index (χ0v) is 14.6. The number of nitrogens with zero attached hydrogens (tertiary/aromatic N) is 5. The molecule has 0 spiro atoms. The van der Waals surface area contributed by atoms with E-state index in [0.29, 0.717) is 22.7 Å². The first kappa shape index (κ1) is 16.1. The van der Waals surface area contributed by atoms with Gasteiger partial charge in [0.25, 0.3) is 5.56 Å². The van der Waals surface area contributed by atoms with Gasteiger partial charge in [-0.15, -0.1) is 10.2 Å². The summed E-state index contributed by atoms with van der Waals surface area (Å²) in [6.07, 6.45) is 1.49. The zero-order chi connectivity index (χ0) is 18.9. The molecule has 1 N–H and O–H groups in total. The fourth-order valence-corrected chi connectivity index (χ4v) is 3.02. The van der Waals surface area contributed by atoms with Crippen molar-refractivity contribution in [3.63, 3.8) is 0 Å². The first-order valence-corrected chi connectivity index (χ1v) is 8.72. The van der Waals surface area contributed by atoms with Gasteiger partial charge in [0, 0.05) is 11.1 Å². The molecule has 2 aromatic carbocycles. The Labute approximate surface area is 159 Å². The minimum absolute atomic E-state index is 0.246. The van der Waals surface area contributed by atoms with Gasteiger partial charge in [-0.1, -0.05) is 60.7 Å². The van der Waals surface area contributed by atoms with Crippen molar-refractivity contribution in [2.45, 2.75) is 0 Å². The molecule has 0 unspecified atom stereocenters. The second-order valence-corrected chi connectivity index (χ2v) is 6.22. The lowest BCUT2D eigenvalue weighted by atomic mass is 10.1. The van der Waals surface area contributed by atoms with Crippen LogP contribution in [0, 0.1) is 0 Å². The highest BCUT2D eigenvalue weighted by Crippen LogP contribution is 2.19. The third-order valence-corrected chi connectivity index (χ3v) is 4.42. The molecule has 5 rings (SSSR count). The maximum atomic E-state index is 12.5. The lowest BCUT2D eigenvalue weighted by Gasteiger charge is -2.05. The van der Waals surface area contributed by atoms with Crippen LogP contribution in [0.2, 0.25) is 0 Å². The van der Waals surface area contributed by atoms with E-state index < -0.39 is 0 Å². The minimum Gasteiger partial charge on any atom is -0.306 e. The molecule has 0 bridgehead atoms. The maximum Gasteiger partial charge on any atom is 0.262 e. The van der Waals surface area contributed by atoms with Crippen molar-refractivity contribution in [3.05, 3.63) is 89.3 Å². The van der Waals surface area contributed by atoms with Crippen LogP contribution < -0.4 is 5.56 Å². The lowest BCUT2D eigenvalue weighted by molar-refractivity contribution is 0.829. The maximum absolute atomic E-state index is 12.5. The van der Waals surface area contributed by atoms with Crippen LogP contribution in [-0.4, -0.2) is 29.9 Å². The number of hydrogen-bond acceptors (Lipinski definition) is 5. The van der Waals surface area contributed by atoms with Crippen LogP contribution in [0.4, 0.5) is 0 Å². The van der Waals surface area contributed by atoms with Crippen LogP contribution >= 0.6 is 0 Å². The third kappa shape index (κ3) is 2.75. The van der Waals surface area contributed by atoms with E-state index in [4.69, 9.17) is 0 Å². The molecule has 0 atom stereocenters. The Kier molecular flexibility index (Phi) is 3.76. The first-order chi connectivity index (χ1) is 13.8. The molecule has 134 valence electrons. The molecular formula is C21H14N6O. The molecule has 0 fully saturated rings. The molecule has 7 heteroatoms. The van der Waals surface area contributed by atoms with Crippen molar-refractivity contribution in [2.75, 3.05) is 0 Å². The van der Waals surface area contributed by atoms with Crippen LogP contribution in [0.1, 0.15) is 0 Å². The summed E-state index contributed by atoms with van der Waals surface area (Å²) >= 11 is 0. The van der Waals surface area contributed by atoms with Crippen molar-refractivity contribution < 1.29 is 0 Å². The number of aromatic amines is 1. The third-order valence-electron chi connectivity index (χ3n) is 4.42. The molecule has 0 amide bonds. The van der Waals surface area contributed by atoms with Gasteiger partial charge >= 0.3 is 0 Å². The van der Waals surface area contributed by atoms with Gasteiger partial charge in [0.2, 0.25) is 0 Å². The normalized spacial score (nSPS) is 11.0. The molecule has 28 heavy (non-hydrogen) atoms. The number of aromatic nitrogens is 6. The number of nitrogens with one attached hydrogen (secondary N) is 1.